The summed E-state index contributed by atoms with van der Waals surface area (Å²) in [5.41, 5.74) is 0.644. The van der Waals surface area contributed by atoms with Gasteiger partial charge in [-0.25, -0.2) is 4.98 Å². The van der Waals surface area contributed by atoms with Crippen LogP contribution >= 0.6 is 22.9 Å². The SMILES string of the molecule is N#Cc1csc2ncc(Cl)cc12. The van der Waals surface area contributed by atoms with Crippen molar-refractivity contribution in [2.75, 3.05) is 0 Å². The van der Waals surface area contributed by atoms with Gasteiger partial charge in [0.25, 0.3) is 0 Å². The molecule has 2 nitrogen and oxygen atoms in total. The minimum Gasteiger partial charge on any atom is -0.244 e. The van der Waals surface area contributed by atoms with Crippen molar-refractivity contribution >= 4 is 33.2 Å². The molecular weight excluding hydrogens is 192 g/mol. The molecular formula is C8H3ClN2S. The van der Waals surface area contributed by atoms with Gasteiger partial charge in [0.2, 0.25) is 0 Å². The summed E-state index contributed by atoms with van der Waals surface area (Å²) >= 11 is 7.19. The smallest absolute Gasteiger partial charge is 0.124 e. The van der Waals surface area contributed by atoms with Crippen molar-refractivity contribution in [3.05, 3.63) is 28.2 Å². The number of hydrogen-bond acceptors (Lipinski definition) is 3. The van der Waals surface area contributed by atoms with Crippen molar-refractivity contribution < 1.29 is 0 Å². The number of rotatable bonds is 0. The summed E-state index contributed by atoms with van der Waals surface area (Å²) in [6, 6.07) is 3.85. The van der Waals surface area contributed by atoms with Crippen LogP contribution in [0.15, 0.2) is 17.6 Å². The fourth-order valence-corrected chi connectivity index (χ4v) is 1.95. The first-order valence-corrected chi connectivity index (χ1v) is 4.50. The Morgan fingerprint density at radius 2 is 2.42 bits per heavy atom. The Bertz CT molecular complexity index is 469. The van der Waals surface area contributed by atoms with Gasteiger partial charge in [-0.3, -0.25) is 0 Å². The molecule has 0 bridgehead atoms. The van der Waals surface area contributed by atoms with Gasteiger partial charge in [-0.05, 0) is 6.07 Å². The van der Waals surface area contributed by atoms with E-state index in [-0.39, 0.29) is 0 Å². The highest BCUT2D eigenvalue weighted by Crippen LogP contribution is 2.25. The first-order chi connectivity index (χ1) is 5.81. The van der Waals surface area contributed by atoms with Crippen LogP contribution in [0, 0.1) is 11.3 Å². The van der Waals surface area contributed by atoms with Gasteiger partial charge < -0.3 is 0 Å². The van der Waals surface area contributed by atoms with Gasteiger partial charge in [0.1, 0.15) is 10.9 Å². The fourth-order valence-electron chi connectivity index (χ4n) is 0.978. The third-order valence-corrected chi connectivity index (χ3v) is 2.63. The Balaban J connectivity index is 2.86. The summed E-state index contributed by atoms with van der Waals surface area (Å²) in [5.74, 6) is 0. The second-order valence-electron chi connectivity index (χ2n) is 2.27. The van der Waals surface area contributed by atoms with Gasteiger partial charge in [0, 0.05) is 17.0 Å². The number of pyridine rings is 1. The molecule has 2 aromatic rings. The van der Waals surface area contributed by atoms with Crippen molar-refractivity contribution in [3.63, 3.8) is 0 Å². The first kappa shape index (κ1) is 7.53. The molecule has 0 saturated heterocycles. The van der Waals surface area contributed by atoms with Crippen LogP contribution in [0.3, 0.4) is 0 Å². The van der Waals surface area contributed by atoms with E-state index in [4.69, 9.17) is 16.9 Å². The van der Waals surface area contributed by atoms with Gasteiger partial charge in [-0.1, -0.05) is 11.6 Å². The molecule has 0 N–H and O–H groups in total. The van der Waals surface area contributed by atoms with E-state index >= 15 is 0 Å². The Labute approximate surface area is 78.0 Å². The average Bonchev–Trinajstić information content (AvgIpc) is 2.46. The average molecular weight is 195 g/mol. The minimum atomic E-state index is 0.567. The van der Waals surface area contributed by atoms with Crippen LogP contribution in [0.1, 0.15) is 5.56 Å². The molecule has 0 amide bonds. The van der Waals surface area contributed by atoms with Gasteiger partial charge >= 0.3 is 0 Å². The lowest BCUT2D eigenvalue weighted by Crippen LogP contribution is -1.73. The van der Waals surface area contributed by atoms with Gasteiger partial charge in [0.15, 0.2) is 0 Å². The minimum absolute atomic E-state index is 0.567. The molecule has 0 spiro atoms. The zero-order chi connectivity index (χ0) is 8.55. The van der Waals surface area contributed by atoms with E-state index in [2.05, 4.69) is 11.1 Å². The molecule has 2 rings (SSSR count). The van der Waals surface area contributed by atoms with Crippen LogP contribution < -0.4 is 0 Å². The highest BCUT2D eigenvalue weighted by atomic mass is 35.5. The van der Waals surface area contributed by atoms with E-state index in [1.807, 2.05) is 0 Å². The van der Waals surface area contributed by atoms with E-state index in [0.29, 0.717) is 10.6 Å². The zero-order valence-electron chi connectivity index (χ0n) is 5.91. The molecule has 0 saturated carbocycles. The molecule has 0 aliphatic carbocycles. The number of fused-ring (bicyclic) bond motifs is 1. The van der Waals surface area contributed by atoms with Gasteiger partial charge in [0.05, 0.1) is 10.6 Å². The molecule has 58 valence electrons. The lowest BCUT2D eigenvalue weighted by Gasteiger charge is -1.89. The van der Waals surface area contributed by atoms with E-state index in [1.54, 1.807) is 17.6 Å². The number of nitriles is 1. The Morgan fingerprint density at radius 3 is 3.17 bits per heavy atom. The predicted molar refractivity (Wildman–Crippen MR) is 49.3 cm³/mol. The molecule has 0 fully saturated rings. The summed E-state index contributed by atoms with van der Waals surface area (Å²) in [6.45, 7) is 0. The quantitative estimate of drug-likeness (QED) is 0.647. The molecule has 2 aromatic heterocycles. The van der Waals surface area contributed by atoms with Gasteiger partial charge in [-0.15, -0.1) is 11.3 Å². The Morgan fingerprint density at radius 1 is 1.58 bits per heavy atom. The van der Waals surface area contributed by atoms with Crippen molar-refractivity contribution in [1.29, 1.82) is 5.26 Å². The molecule has 0 aliphatic heterocycles. The maximum absolute atomic E-state index is 8.70. The van der Waals surface area contributed by atoms with Crippen LogP contribution in [0.4, 0.5) is 0 Å². The standard InChI is InChI=1S/C8H3ClN2S/c9-6-1-7-5(2-10)4-12-8(7)11-3-6/h1,3-4H. The van der Waals surface area contributed by atoms with Crippen molar-refractivity contribution in [3.8, 4) is 6.07 Å². The Hall–Kier alpha value is -1.11. The van der Waals surface area contributed by atoms with Crippen LogP contribution in [0.5, 0.6) is 0 Å². The second kappa shape index (κ2) is 2.74. The normalized spacial score (nSPS) is 10.0. The molecule has 4 heteroatoms. The highest BCUT2D eigenvalue weighted by molar-refractivity contribution is 7.17. The highest BCUT2D eigenvalue weighted by Gasteiger charge is 2.03. The van der Waals surface area contributed by atoms with Gasteiger partial charge in [-0.2, -0.15) is 5.26 Å². The second-order valence-corrected chi connectivity index (χ2v) is 3.56. The van der Waals surface area contributed by atoms with E-state index in [1.165, 1.54) is 11.3 Å². The lowest BCUT2D eigenvalue weighted by molar-refractivity contribution is 1.44. The topological polar surface area (TPSA) is 36.7 Å². The number of halogens is 1. The number of nitrogens with zero attached hydrogens (tertiary/aromatic N) is 2. The summed E-state index contributed by atoms with van der Waals surface area (Å²) in [7, 11) is 0. The monoisotopic (exact) mass is 194 g/mol. The molecule has 2 heterocycles. The van der Waals surface area contributed by atoms with Crippen LogP contribution in [0.2, 0.25) is 5.02 Å². The van der Waals surface area contributed by atoms with E-state index < -0.39 is 0 Å². The molecule has 0 atom stereocenters. The molecule has 0 aliphatic rings. The van der Waals surface area contributed by atoms with Crippen molar-refractivity contribution in [2.24, 2.45) is 0 Å². The summed E-state index contributed by atoms with van der Waals surface area (Å²) in [6.07, 6.45) is 1.58. The van der Waals surface area contributed by atoms with Crippen LogP contribution in [-0.2, 0) is 0 Å². The molecule has 0 radical (unpaired) electrons. The molecule has 12 heavy (non-hydrogen) atoms. The lowest BCUT2D eigenvalue weighted by atomic mass is 10.2. The van der Waals surface area contributed by atoms with Crippen molar-refractivity contribution in [2.45, 2.75) is 0 Å². The van der Waals surface area contributed by atoms with E-state index in [9.17, 15) is 0 Å². The summed E-state index contributed by atoms with van der Waals surface area (Å²) < 4.78 is 0. The number of aromatic nitrogens is 1. The van der Waals surface area contributed by atoms with Crippen LogP contribution in [0.25, 0.3) is 10.2 Å². The fraction of sp³-hybridized carbons (Fsp3) is 0. The number of hydrogen-bond donors (Lipinski definition) is 0. The van der Waals surface area contributed by atoms with Crippen LogP contribution in [-0.4, -0.2) is 4.98 Å². The van der Waals surface area contributed by atoms with Crippen molar-refractivity contribution in [1.82, 2.24) is 4.98 Å². The third-order valence-electron chi connectivity index (χ3n) is 1.52. The molecule has 0 aromatic carbocycles. The predicted octanol–water partition coefficient (Wildman–Crippen LogP) is 2.82. The first-order valence-electron chi connectivity index (χ1n) is 3.24. The maximum atomic E-state index is 8.70. The Kier molecular flexibility index (Phi) is 1.72. The largest absolute Gasteiger partial charge is 0.244 e. The third kappa shape index (κ3) is 1.06. The summed E-state index contributed by atoms with van der Waals surface area (Å²) in [5, 5.41) is 11.9. The molecule has 0 unspecified atom stereocenters. The maximum Gasteiger partial charge on any atom is 0.124 e. The van der Waals surface area contributed by atoms with E-state index in [0.717, 1.165) is 10.2 Å². The summed E-state index contributed by atoms with van der Waals surface area (Å²) in [4.78, 5) is 4.94. The number of thiophene rings is 1. The zero-order valence-corrected chi connectivity index (χ0v) is 7.49.